The first-order valence-electron chi connectivity index (χ1n) is 8.75. The lowest BCUT2D eigenvalue weighted by Gasteiger charge is -2.08. The Labute approximate surface area is 163 Å². The van der Waals surface area contributed by atoms with Gasteiger partial charge >= 0.3 is 5.97 Å². The van der Waals surface area contributed by atoms with Gasteiger partial charge < -0.3 is 15.4 Å². The molecule has 0 unspecified atom stereocenters. The summed E-state index contributed by atoms with van der Waals surface area (Å²) < 4.78 is 4.90. The van der Waals surface area contributed by atoms with Crippen LogP contribution in [0, 0.1) is 18.3 Å². The number of anilines is 1. The van der Waals surface area contributed by atoms with Crippen LogP contribution in [0.15, 0.2) is 48.5 Å². The van der Waals surface area contributed by atoms with Crippen LogP contribution in [0.2, 0.25) is 0 Å². The van der Waals surface area contributed by atoms with Crippen LogP contribution in [0.25, 0.3) is 0 Å². The normalized spacial score (nSPS) is 9.86. The van der Waals surface area contributed by atoms with Crippen LogP contribution in [0.3, 0.4) is 0 Å². The molecular formula is C21H21N3O4. The number of rotatable bonds is 8. The number of nitrogens with one attached hydrogen (secondary N) is 2. The Morgan fingerprint density at radius 1 is 1.07 bits per heavy atom. The number of hydrogen-bond donors (Lipinski definition) is 2. The summed E-state index contributed by atoms with van der Waals surface area (Å²) in [5, 5.41) is 13.9. The van der Waals surface area contributed by atoms with Gasteiger partial charge in [0.2, 0.25) is 0 Å². The number of benzene rings is 2. The van der Waals surface area contributed by atoms with E-state index < -0.39 is 18.5 Å². The van der Waals surface area contributed by atoms with E-state index in [4.69, 9.17) is 10.00 Å². The minimum Gasteiger partial charge on any atom is -0.456 e. The molecule has 2 rings (SSSR count). The van der Waals surface area contributed by atoms with E-state index in [9.17, 15) is 14.4 Å². The van der Waals surface area contributed by atoms with Crippen LogP contribution in [-0.2, 0) is 20.7 Å². The minimum atomic E-state index is -0.579. The molecule has 0 fully saturated rings. The number of amides is 2. The van der Waals surface area contributed by atoms with Crippen LogP contribution in [0.1, 0.15) is 27.9 Å². The molecule has 0 saturated heterocycles. The van der Waals surface area contributed by atoms with Gasteiger partial charge in [-0.25, -0.2) is 0 Å². The molecule has 28 heavy (non-hydrogen) atoms. The van der Waals surface area contributed by atoms with Crippen molar-refractivity contribution in [2.45, 2.75) is 19.8 Å². The van der Waals surface area contributed by atoms with Gasteiger partial charge in [0, 0.05) is 17.8 Å². The molecule has 0 aliphatic rings. The smallest absolute Gasteiger partial charge is 0.308 e. The molecule has 7 nitrogen and oxygen atoms in total. The number of nitriles is 1. The predicted molar refractivity (Wildman–Crippen MR) is 103 cm³/mol. The molecule has 0 aliphatic heterocycles. The fourth-order valence-corrected chi connectivity index (χ4v) is 2.41. The summed E-state index contributed by atoms with van der Waals surface area (Å²) >= 11 is 0. The van der Waals surface area contributed by atoms with E-state index in [0.29, 0.717) is 17.7 Å². The lowest BCUT2D eigenvalue weighted by Crippen LogP contribution is -2.28. The van der Waals surface area contributed by atoms with Crippen molar-refractivity contribution < 1.29 is 19.1 Å². The van der Waals surface area contributed by atoms with E-state index in [1.54, 1.807) is 36.4 Å². The van der Waals surface area contributed by atoms with E-state index in [0.717, 1.165) is 11.1 Å². The summed E-state index contributed by atoms with van der Waals surface area (Å²) in [5.74, 6) is -1.31. The van der Waals surface area contributed by atoms with Crippen molar-refractivity contribution in [2.75, 3.05) is 18.5 Å². The van der Waals surface area contributed by atoms with Crippen molar-refractivity contribution in [3.8, 4) is 6.07 Å². The van der Waals surface area contributed by atoms with E-state index in [1.165, 1.54) is 0 Å². The first-order chi connectivity index (χ1) is 13.5. The Balaban J connectivity index is 1.67. The number of hydrogen-bond acceptors (Lipinski definition) is 5. The maximum Gasteiger partial charge on any atom is 0.308 e. The second-order valence-electron chi connectivity index (χ2n) is 6.06. The van der Waals surface area contributed by atoms with Crippen molar-refractivity contribution in [3.05, 3.63) is 65.2 Å². The first-order valence-corrected chi connectivity index (χ1v) is 8.75. The van der Waals surface area contributed by atoms with E-state index in [-0.39, 0.29) is 18.9 Å². The highest BCUT2D eigenvalue weighted by Crippen LogP contribution is 2.10. The topological polar surface area (TPSA) is 108 Å². The molecule has 2 amide bonds. The number of esters is 1. The van der Waals surface area contributed by atoms with E-state index in [2.05, 4.69) is 10.6 Å². The molecule has 0 spiro atoms. The molecule has 0 aromatic heterocycles. The zero-order valence-corrected chi connectivity index (χ0v) is 15.5. The second kappa shape index (κ2) is 10.5. The van der Waals surface area contributed by atoms with Crippen molar-refractivity contribution in [1.29, 1.82) is 5.26 Å². The lowest BCUT2D eigenvalue weighted by molar-refractivity contribution is -0.147. The minimum absolute atomic E-state index is 0.0340. The van der Waals surface area contributed by atoms with Gasteiger partial charge in [-0.1, -0.05) is 30.3 Å². The zero-order valence-electron chi connectivity index (χ0n) is 15.5. The molecule has 2 N–H and O–H groups in total. The Hall–Kier alpha value is -3.66. The highest BCUT2D eigenvalue weighted by Gasteiger charge is 2.11. The lowest BCUT2D eigenvalue weighted by atomic mass is 10.1. The first kappa shape index (κ1) is 20.6. The van der Waals surface area contributed by atoms with Crippen LogP contribution in [0.5, 0.6) is 0 Å². The van der Waals surface area contributed by atoms with E-state index >= 15 is 0 Å². The average Bonchev–Trinajstić information content (AvgIpc) is 2.68. The fourth-order valence-electron chi connectivity index (χ4n) is 2.41. The molecule has 2 aromatic carbocycles. The zero-order chi connectivity index (χ0) is 20.4. The van der Waals surface area contributed by atoms with Crippen LogP contribution in [-0.4, -0.2) is 30.9 Å². The molecule has 0 atom stereocenters. The third-order valence-corrected chi connectivity index (χ3v) is 3.89. The maximum atomic E-state index is 12.0. The molecule has 0 saturated carbocycles. The third kappa shape index (κ3) is 6.57. The summed E-state index contributed by atoms with van der Waals surface area (Å²) in [6, 6.07) is 16.0. The fraction of sp³-hybridized carbons (Fsp3) is 0.238. The van der Waals surface area contributed by atoms with Gasteiger partial charge in [-0.15, -0.1) is 0 Å². The van der Waals surface area contributed by atoms with Crippen molar-refractivity contribution >= 4 is 23.5 Å². The third-order valence-electron chi connectivity index (χ3n) is 3.89. The monoisotopic (exact) mass is 379 g/mol. The maximum absolute atomic E-state index is 12.0. The predicted octanol–water partition coefficient (Wildman–Crippen LogP) is 2.36. The van der Waals surface area contributed by atoms with Crippen molar-refractivity contribution in [2.24, 2.45) is 0 Å². The van der Waals surface area contributed by atoms with E-state index in [1.807, 2.05) is 25.1 Å². The largest absolute Gasteiger partial charge is 0.456 e. The van der Waals surface area contributed by atoms with Gasteiger partial charge in [0.05, 0.1) is 18.9 Å². The standard InChI is InChI=1S/C21H21N3O4/c1-15-4-2-3-5-18(15)21(27)23-13-11-20(26)28-14-19(25)24-17-8-6-16(7-9-17)10-12-22/h2-9H,10-11,13-14H2,1H3,(H,23,27)(H,24,25). The van der Waals surface area contributed by atoms with Crippen LogP contribution >= 0.6 is 0 Å². The van der Waals surface area contributed by atoms with Gasteiger partial charge in [-0.05, 0) is 36.2 Å². The summed E-state index contributed by atoms with van der Waals surface area (Å²) in [6.07, 6.45) is 0.264. The van der Waals surface area contributed by atoms with Gasteiger partial charge in [-0.2, -0.15) is 5.26 Å². The molecule has 2 aromatic rings. The Morgan fingerprint density at radius 3 is 2.46 bits per heavy atom. The SMILES string of the molecule is Cc1ccccc1C(=O)NCCC(=O)OCC(=O)Nc1ccc(CC#N)cc1. The Bertz CT molecular complexity index is 885. The van der Waals surface area contributed by atoms with Gasteiger partial charge in [0.1, 0.15) is 0 Å². The molecule has 0 aliphatic carbocycles. The number of carbonyl (C=O) groups is 3. The van der Waals surface area contributed by atoms with Gasteiger partial charge in [-0.3, -0.25) is 14.4 Å². The Morgan fingerprint density at radius 2 is 1.79 bits per heavy atom. The molecule has 0 heterocycles. The number of nitrogens with zero attached hydrogens (tertiary/aromatic N) is 1. The number of ether oxygens (including phenoxy) is 1. The van der Waals surface area contributed by atoms with Gasteiger partial charge in [0.25, 0.3) is 11.8 Å². The molecule has 144 valence electrons. The molecule has 7 heteroatoms. The molecule has 0 bridgehead atoms. The number of carbonyl (C=O) groups excluding carboxylic acids is 3. The summed E-state index contributed by atoms with van der Waals surface area (Å²) in [7, 11) is 0. The Kier molecular flexibility index (Phi) is 7.73. The number of aryl methyl sites for hydroxylation is 1. The second-order valence-corrected chi connectivity index (χ2v) is 6.06. The highest BCUT2D eigenvalue weighted by atomic mass is 16.5. The summed E-state index contributed by atoms with van der Waals surface area (Å²) in [6.45, 7) is 1.54. The van der Waals surface area contributed by atoms with Crippen molar-refractivity contribution in [3.63, 3.8) is 0 Å². The highest BCUT2D eigenvalue weighted by molar-refractivity contribution is 5.96. The van der Waals surface area contributed by atoms with Gasteiger partial charge in [0.15, 0.2) is 6.61 Å². The summed E-state index contributed by atoms with van der Waals surface area (Å²) in [5.41, 5.74) is 2.80. The average molecular weight is 379 g/mol. The van der Waals surface area contributed by atoms with Crippen molar-refractivity contribution in [1.82, 2.24) is 5.32 Å². The van der Waals surface area contributed by atoms with Crippen LogP contribution < -0.4 is 10.6 Å². The molecule has 0 radical (unpaired) electrons. The summed E-state index contributed by atoms with van der Waals surface area (Å²) in [4.78, 5) is 35.6. The van der Waals surface area contributed by atoms with Crippen LogP contribution in [0.4, 0.5) is 5.69 Å². The molecular weight excluding hydrogens is 358 g/mol. The quantitative estimate of drug-likeness (QED) is 0.685.